The summed E-state index contributed by atoms with van der Waals surface area (Å²) >= 11 is 0. The van der Waals surface area contributed by atoms with Gasteiger partial charge in [0.25, 0.3) is 0 Å². The zero-order valence-electron chi connectivity index (χ0n) is 21.9. The van der Waals surface area contributed by atoms with Crippen LogP contribution in [0.4, 0.5) is 0 Å². The summed E-state index contributed by atoms with van der Waals surface area (Å²) in [6.45, 7) is 5.93. The second-order valence-corrected chi connectivity index (χ2v) is 10.0. The normalized spacial score (nSPS) is 12.4. The van der Waals surface area contributed by atoms with Crippen molar-refractivity contribution in [3.8, 4) is 5.75 Å². The van der Waals surface area contributed by atoms with E-state index in [1.807, 2.05) is 18.2 Å². The van der Waals surface area contributed by atoms with Crippen LogP contribution in [0.5, 0.6) is 5.75 Å². The zero-order chi connectivity index (χ0) is 24.7. The third-order valence-corrected chi connectivity index (χ3v) is 6.17. The lowest BCUT2D eigenvalue weighted by molar-refractivity contribution is -0.903. The lowest BCUT2D eigenvalue weighted by Crippen LogP contribution is -2.41. The van der Waals surface area contributed by atoms with E-state index in [1.165, 1.54) is 49.7 Å². The molecule has 0 aromatic heterocycles. The van der Waals surface area contributed by atoms with Crippen molar-refractivity contribution in [1.82, 2.24) is 0 Å². The summed E-state index contributed by atoms with van der Waals surface area (Å²) in [5.41, 5.74) is 2.61. The molecule has 0 fully saturated rings. The summed E-state index contributed by atoms with van der Waals surface area (Å²) in [5, 5.41) is 0. The van der Waals surface area contributed by atoms with Crippen molar-refractivity contribution < 1.29 is 18.8 Å². The van der Waals surface area contributed by atoms with Gasteiger partial charge in [-0.2, -0.15) is 0 Å². The number of carbonyl (C=O) groups excluding carboxylic acids is 1. The highest BCUT2D eigenvalue weighted by molar-refractivity contribution is 5.69. The molecule has 0 radical (unpaired) electrons. The first kappa shape index (κ1) is 27.9. The van der Waals surface area contributed by atoms with Crippen molar-refractivity contribution in [2.24, 2.45) is 0 Å². The van der Waals surface area contributed by atoms with Gasteiger partial charge in [-0.3, -0.25) is 4.79 Å². The first-order valence-corrected chi connectivity index (χ1v) is 13.2. The van der Waals surface area contributed by atoms with E-state index in [0.29, 0.717) is 12.8 Å². The minimum Gasteiger partial charge on any atom is -0.455 e. The summed E-state index contributed by atoms with van der Waals surface area (Å²) in [4.78, 5) is 12.6. The summed E-state index contributed by atoms with van der Waals surface area (Å²) in [6, 6.07) is 18.7. The number of hydrogen-bond donors (Lipinski definition) is 0. The van der Waals surface area contributed by atoms with Gasteiger partial charge < -0.3 is 14.0 Å². The van der Waals surface area contributed by atoms with Crippen molar-refractivity contribution in [3.05, 3.63) is 65.7 Å². The number of esters is 1. The molecule has 0 bridgehead atoms. The van der Waals surface area contributed by atoms with Crippen LogP contribution < -0.4 is 4.74 Å². The number of benzene rings is 2. The van der Waals surface area contributed by atoms with Crippen molar-refractivity contribution in [1.29, 1.82) is 0 Å². The van der Waals surface area contributed by atoms with Crippen LogP contribution in [-0.4, -0.2) is 37.4 Å². The molecule has 0 saturated carbocycles. The van der Waals surface area contributed by atoms with E-state index in [-0.39, 0.29) is 5.97 Å². The second kappa shape index (κ2) is 15.5. The van der Waals surface area contributed by atoms with Crippen LogP contribution in [0.2, 0.25) is 0 Å². The molecule has 34 heavy (non-hydrogen) atoms. The molecule has 4 heteroatoms. The van der Waals surface area contributed by atoms with Crippen molar-refractivity contribution >= 4 is 5.97 Å². The van der Waals surface area contributed by atoms with Gasteiger partial charge >= 0.3 is 5.97 Å². The average Bonchev–Trinajstić information content (AvgIpc) is 2.82. The van der Waals surface area contributed by atoms with Crippen molar-refractivity contribution in [3.63, 3.8) is 0 Å². The average molecular weight is 469 g/mol. The zero-order valence-corrected chi connectivity index (χ0v) is 21.9. The van der Waals surface area contributed by atoms with Gasteiger partial charge in [0.05, 0.1) is 27.1 Å². The summed E-state index contributed by atoms with van der Waals surface area (Å²) in [7, 11) is 4.29. The maximum Gasteiger partial charge on any atom is 0.314 e. The Labute approximate surface area is 207 Å². The standard InChI is InChI=1S/C30H46NO3/c1-5-7-8-9-10-12-16-26-19-21-28(22-20-26)33-30(15-6-2)34-29(32)23-24-31(3,4)25-27-17-13-11-14-18-27/h11,13-14,17-22,30H,5-10,12,15-16,23-25H2,1-4H3/q+1. The van der Waals surface area contributed by atoms with Gasteiger partial charge in [0.15, 0.2) is 0 Å². The molecule has 0 spiro atoms. The molecule has 0 amide bonds. The van der Waals surface area contributed by atoms with Gasteiger partial charge in [-0.05, 0) is 37.0 Å². The van der Waals surface area contributed by atoms with Gasteiger partial charge in [-0.1, -0.05) is 88.4 Å². The summed E-state index contributed by atoms with van der Waals surface area (Å²) in [6.07, 6.45) is 10.4. The molecule has 188 valence electrons. The number of quaternary nitrogens is 1. The number of aryl methyl sites for hydroxylation is 1. The fourth-order valence-corrected chi connectivity index (χ4v) is 4.13. The molecular weight excluding hydrogens is 422 g/mol. The Morgan fingerprint density at radius 1 is 0.824 bits per heavy atom. The molecule has 0 aliphatic carbocycles. The first-order chi connectivity index (χ1) is 16.4. The molecule has 1 atom stereocenters. The third-order valence-electron chi connectivity index (χ3n) is 6.17. The fourth-order valence-electron chi connectivity index (χ4n) is 4.13. The minimum atomic E-state index is -0.536. The molecule has 2 rings (SSSR count). The Hall–Kier alpha value is -2.33. The molecule has 0 saturated heterocycles. The number of hydrogen-bond acceptors (Lipinski definition) is 3. The number of ether oxygens (including phenoxy) is 2. The maximum atomic E-state index is 12.6. The van der Waals surface area contributed by atoms with Crippen LogP contribution in [0.1, 0.15) is 82.8 Å². The Kier molecular flexibility index (Phi) is 12.8. The molecule has 0 N–H and O–H groups in total. The third kappa shape index (κ3) is 11.7. The first-order valence-electron chi connectivity index (χ1n) is 13.2. The molecule has 1 unspecified atom stereocenters. The van der Waals surface area contributed by atoms with Gasteiger partial charge in [0.2, 0.25) is 6.29 Å². The van der Waals surface area contributed by atoms with Crippen LogP contribution >= 0.6 is 0 Å². The van der Waals surface area contributed by atoms with E-state index in [2.05, 4.69) is 64.3 Å². The number of nitrogens with zero attached hydrogens (tertiary/aromatic N) is 1. The van der Waals surface area contributed by atoms with E-state index in [9.17, 15) is 4.79 Å². The van der Waals surface area contributed by atoms with E-state index < -0.39 is 6.29 Å². The highest BCUT2D eigenvalue weighted by Gasteiger charge is 2.21. The van der Waals surface area contributed by atoms with Crippen LogP contribution in [0.15, 0.2) is 54.6 Å². The quantitative estimate of drug-likeness (QED) is 0.106. The van der Waals surface area contributed by atoms with Gasteiger partial charge in [0.1, 0.15) is 12.3 Å². The molecule has 0 aliphatic heterocycles. The van der Waals surface area contributed by atoms with E-state index in [1.54, 1.807) is 0 Å². The molecular formula is C30H46NO3+. The second-order valence-electron chi connectivity index (χ2n) is 10.0. The largest absolute Gasteiger partial charge is 0.455 e. The fraction of sp³-hybridized carbons (Fsp3) is 0.567. The molecule has 2 aromatic rings. The van der Waals surface area contributed by atoms with Gasteiger partial charge in [-0.15, -0.1) is 0 Å². The highest BCUT2D eigenvalue weighted by Crippen LogP contribution is 2.19. The lowest BCUT2D eigenvalue weighted by Gasteiger charge is -2.30. The van der Waals surface area contributed by atoms with E-state index >= 15 is 0 Å². The van der Waals surface area contributed by atoms with Crippen molar-refractivity contribution in [2.75, 3.05) is 20.6 Å². The van der Waals surface area contributed by atoms with Crippen LogP contribution in [-0.2, 0) is 22.5 Å². The van der Waals surface area contributed by atoms with Crippen LogP contribution in [0, 0.1) is 0 Å². The predicted molar refractivity (Wildman–Crippen MR) is 141 cm³/mol. The topological polar surface area (TPSA) is 35.5 Å². The smallest absolute Gasteiger partial charge is 0.314 e. The summed E-state index contributed by atoms with van der Waals surface area (Å²) < 4.78 is 12.5. The SMILES string of the molecule is CCCCCCCCc1ccc(OC(CCC)OC(=O)CC[N+](C)(C)Cc2ccccc2)cc1. The Balaban J connectivity index is 1.76. The molecule has 0 aliphatic rings. The maximum absolute atomic E-state index is 12.6. The number of carbonyl (C=O) groups is 1. The number of rotatable bonds is 17. The van der Waals surface area contributed by atoms with Gasteiger partial charge in [0, 0.05) is 12.0 Å². The van der Waals surface area contributed by atoms with Gasteiger partial charge in [-0.25, -0.2) is 0 Å². The predicted octanol–water partition coefficient (Wildman–Crippen LogP) is 7.30. The monoisotopic (exact) mass is 468 g/mol. The summed E-state index contributed by atoms with van der Waals surface area (Å²) in [5.74, 6) is 0.565. The van der Waals surface area contributed by atoms with E-state index in [4.69, 9.17) is 9.47 Å². The number of unbranched alkanes of at least 4 members (excludes halogenated alkanes) is 5. The molecule has 4 nitrogen and oxygen atoms in total. The minimum absolute atomic E-state index is 0.197. The van der Waals surface area contributed by atoms with Crippen molar-refractivity contribution in [2.45, 2.75) is 90.9 Å². The molecule has 2 aromatic carbocycles. The highest BCUT2D eigenvalue weighted by atomic mass is 16.7. The Bertz CT molecular complexity index is 802. The molecule has 0 heterocycles. The Morgan fingerprint density at radius 3 is 2.18 bits per heavy atom. The van der Waals surface area contributed by atoms with Crippen LogP contribution in [0.3, 0.4) is 0 Å². The van der Waals surface area contributed by atoms with E-state index in [0.717, 1.165) is 36.2 Å². The lowest BCUT2D eigenvalue weighted by atomic mass is 10.0. The van der Waals surface area contributed by atoms with Crippen LogP contribution in [0.25, 0.3) is 0 Å². The Morgan fingerprint density at radius 2 is 1.50 bits per heavy atom.